The van der Waals surface area contributed by atoms with Crippen LogP contribution in [0.25, 0.3) is 0 Å². The molecule has 2 unspecified atom stereocenters. The number of hydrogen-bond donors (Lipinski definition) is 1. The minimum Gasteiger partial charge on any atom is -0.497 e. The van der Waals surface area contributed by atoms with Crippen molar-refractivity contribution in [2.24, 2.45) is 11.8 Å². The maximum Gasteiger partial charge on any atom is 0.237 e. The van der Waals surface area contributed by atoms with E-state index in [0.717, 1.165) is 19.3 Å². The topological polar surface area (TPSA) is 72.6 Å². The number of anilines is 2. The third kappa shape index (κ3) is 1.69. The van der Waals surface area contributed by atoms with Crippen LogP contribution in [0.5, 0.6) is 5.75 Å². The predicted molar refractivity (Wildman–Crippen MR) is 70.7 cm³/mol. The fourth-order valence-electron chi connectivity index (χ4n) is 3.09. The number of rotatable bonds is 2. The minimum absolute atomic E-state index is 0.107. The van der Waals surface area contributed by atoms with E-state index in [-0.39, 0.29) is 23.7 Å². The maximum absolute atomic E-state index is 12.3. The molecule has 1 heterocycles. The van der Waals surface area contributed by atoms with E-state index < -0.39 is 0 Å². The Morgan fingerprint density at radius 2 is 1.84 bits per heavy atom. The predicted octanol–water partition coefficient (Wildman–Crippen LogP) is 1.57. The third-order valence-electron chi connectivity index (χ3n) is 4.07. The molecule has 3 rings (SSSR count). The lowest BCUT2D eigenvalue weighted by molar-refractivity contribution is -0.122. The summed E-state index contributed by atoms with van der Waals surface area (Å²) in [5, 5.41) is 0. The molecule has 1 saturated heterocycles. The van der Waals surface area contributed by atoms with Gasteiger partial charge in [-0.25, -0.2) is 4.90 Å². The Morgan fingerprint density at radius 3 is 2.37 bits per heavy atom. The van der Waals surface area contributed by atoms with E-state index in [0.29, 0.717) is 17.1 Å². The van der Waals surface area contributed by atoms with E-state index in [9.17, 15) is 9.59 Å². The highest BCUT2D eigenvalue weighted by Crippen LogP contribution is 2.43. The molecule has 19 heavy (non-hydrogen) atoms. The van der Waals surface area contributed by atoms with Crippen molar-refractivity contribution in [2.45, 2.75) is 19.3 Å². The molecule has 2 fully saturated rings. The molecular weight excluding hydrogens is 244 g/mol. The minimum atomic E-state index is -0.144. The van der Waals surface area contributed by atoms with E-state index in [4.69, 9.17) is 10.5 Å². The fraction of sp³-hybridized carbons (Fsp3) is 0.429. The van der Waals surface area contributed by atoms with Crippen LogP contribution >= 0.6 is 0 Å². The summed E-state index contributed by atoms with van der Waals surface area (Å²) in [4.78, 5) is 25.9. The van der Waals surface area contributed by atoms with Crippen molar-refractivity contribution in [3.63, 3.8) is 0 Å². The third-order valence-corrected chi connectivity index (χ3v) is 4.07. The second kappa shape index (κ2) is 4.26. The Hall–Kier alpha value is -2.04. The van der Waals surface area contributed by atoms with Gasteiger partial charge in [-0.15, -0.1) is 0 Å². The van der Waals surface area contributed by atoms with Gasteiger partial charge in [0.25, 0.3) is 0 Å². The van der Waals surface area contributed by atoms with Gasteiger partial charge in [0, 0.05) is 6.07 Å². The van der Waals surface area contributed by atoms with E-state index in [1.54, 1.807) is 25.3 Å². The van der Waals surface area contributed by atoms with Crippen molar-refractivity contribution in [1.82, 2.24) is 0 Å². The van der Waals surface area contributed by atoms with Crippen molar-refractivity contribution < 1.29 is 14.3 Å². The van der Waals surface area contributed by atoms with E-state index in [1.165, 1.54) is 4.90 Å². The van der Waals surface area contributed by atoms with Gasteiger partial charge in [-0.05, 0) is 25.0 Å². The number of nitrogens with two attached hydrogens (primary N) is 1. The van der Waals surface area contributed by atoms with Crippen LogP contribution in [0.4, 0.5) is 11.4 Å². The Morgan fingerprint density at radius 1 is 1.21 bits per heavy atom. The van der Waals surface area contributed by atoms with Gasteiger partial charge in [0.2, 0.25) is 11.8 Å². The molecule has 100 valence electrons. The number of benzene rings is 1. The van der Waals surface area contributed by atoms with Crippen LogP contribution in [0.1, 0.15) is 19.3 Å². The van der Waals surface area contributed by atoms with Crippen molar-refractivity contribution in [3.05, 3.63) is 18.2 Å². The molecule has 1 aromatic rings. The van der Waals surface area contributed by atoms with Crippen LogP contribution in [0.2, 0.25) is 0 Å². The average molecular weight is 260 g/mol. The van der Waals surface area contributed by atoms with Crippen LogP contribution in [0.3, 0.4) is 0 Å². The molecule has 2 aliphatic rings. The van der Waals surface area contributed by atoms with Gasteiger partial charge in [-0.1, -0.05) is 6.42 Å². The highest BCUT2D eigenvalue weighted by molar-refractivity contribution is 6.23. The molecule has 1 saturated carbocycles. The van der Waals surface area contributed by atoms with Gasteiger partial charge in [0.15, 0.2) is 0 Å². The molecule has 2 amide bonds. The quantitative estimate of drug-likeness (QED) is 0.647. The molecule has 5 heteroatoms. The molecule has 1 aliphatic heterocycles. The summed E-state index contributed by atoms with van der Waals surface area (Å²) in [6.45, 7) is 0. The number of carbonyl (C=O) groups is 2. The highest BCUT2D eigenvalue weighted by atomic mass is 16.5. The summed E-state index contributed by atoms with van der Waals surface area (Å²) in [7, 11) is 1.55. The fourth-order valence-corrected chi connectivity index (χ4v) is 3.09. The van der Waals surface area contributed by atoms with Crippen molar-refractivity contribution in [3.8, 4) is 5.75 Å². The Kier molecular flexibility index (Phi) is 2.69. The summed E-state index contributed by atoms with van der Waals surface area (Å²) in [6.07, 6.45) is 2.57. The van der Waals surface area contributed by atoms with Gasteiger partial charge in [-0.3, -0.25) is 9.59 Å². The first-order chi connectivity index (χ1) is 9.13. The molecule has 2 atom stereocenters. The summed E-state index contributed by atoms with van der Waals surface area (Å²) < 4.78 is 5.07. The summed E-state index contributed by atoms with van der Waals surface area (Å²) in [6, 6.07) is 5.01. The van der Waals surface area contributed by atoms with Gasteiger partial charge >= 0.3 is 0 Å². The smallest absolute Gasteiger partial charge is 0.237 e. The first kappa shape index (κ1) is 12.0. The number of nitrogen functional groups attached to an aromatic ring is 1. The van der Waals surface area contributed by atoms with Crippen molar-refractivity contribution >= 4 is 23.2 Å². The zero-order chi connectivity index (χ0) is 13.6. The number of amides is 2. The molecule has 0 spiro atoms. The van der Waals surface area contributed by atoms with Gasteiger partial charge in [0.1, 0.15) is 5.75 Å². The SMILES string of the molecule is COc1ccc(N2C(=O)C3CCCC3C2=O)c(N)c1. The summed E-state index contributed by atoms with van der Waals surface area (Å²) in [5.74, 6) is 0.109. The van der Waals surface area contributed by atoms with Crippen molar-refractivity contribution in [2.75, 3.05) is 17.7 Å². The Balaban J connectivity index is 1.98. The lowest BCUT2D eigenvalue weighted by Gasteiger charge is -2.18. The zero-order valence-corrected chi connectivity index (χ0v) is 10.8. The number of imide groups is 1. The second-order valence-corrected chi connectivity index (χ2v) is 5.08. The molecule has 0 radical (unpaired) electrons. The number of carbonyl (C=O) groups excluding carboxylic acids is 2. The maximum atomic E-state index is 12.3. The molecule has 0 bridgehead atoms. The summed E-state index contributed by atoms with van der Waals surface area (Å²) in [5.41, 5.74) is 6.79. The standard InChI is InChI=1S/C14H16N2O3/c1-19-8-5-6-12(11(15)7-8)16-13(17)9-3-2-4-10(9)14(16)18/h5-7,9-10H,2-4,15H2,1H3. The number of methoxy groups -OCH3 is 1. The van der Waals surface area contributed by atoms with Gasteiger partial charge in [0.05, 0.1) is 30.3 Å². The van der Waals surface area contributed by atoms with E-state index >= 15 is 0 Å². The molecular formula is C14H16N2O3. The monoisotopic (exact) mass is 260 g/mol. The first-order valence-corrected chi connectivity index (χ1v) is 6.45. The first-order valence-electron chi connectivity index (χ1n) is 6.45. The molecule has 5 nitrogen and oxygen atoms in total. The average Bonchev–Trinajstić information content (AvgIpc) is 2.96. The van der Waals surface area contributed by atoms with Gasteiger partial charge in [-0.2, -0.15) is 0 Å². The van der Waals surface area contributed by atoms with Crippen LogP contribution in [0.15, 0.2) is 18.2 Å². The molecule has 1 aliphatic carbocycles. The van der Waals surface area contributed by atoms with E-state index in [2.05, 4.69) is 0 Å². The number of fused-ring (bicyclic) bond motifs is 1. The lowest BCUT2D eigenvalue weighted by Crippen LogP contribution is -2.32. The van der Waals surface area contributed by atoms with Crippen LogP contribution in [-0.4, -0.2) is 18.9 Å². The van der Waals surface area contributed by atoms with E-state index in [1.807, 2.05) is 0 Å². The molecule has 0 aromatic heterocycles. The van der Waals surface area contributed by atoms with Crippen LogP contribution < -0.4 is 15.4 Å². The largest absolute Gasteiger partial charge is 0.497 e. The van der Waals surface area contributed by atoms with Crippen LogP contribution in [0, 0.1) is 11.8 Å². The number of hydrogen-bond acceptors (Lipinski definition) is 4. The zero-order valence-electron chi connectivity index (χ0n) is 10.8. The highest BCUT2D eigenvalue weighted by Gasteiger charge is 2.50. The second-order valence-electron chi connectivity index (χ2n) is 5.08. The lowest BCUT2D eigenvalue weighted by atomic mass is 10.00. The normalized spacial score (nSPS) is 25.8. The number of nitrogens with zero attached hydrogens (tertiary/aromatic N) is 1. The number of ether oxygens (including phenoxy) is 1. The van der Waals surface area contributed by atoms with Gasteiger partial charge < -0.3 is 10.5 Å². The summed E-state index contributed by atoms with van der Waals surface area (Å²) >= 11 is 0. The molecule has 2 N–H and O–H groups in total. The van der Waals surface area contributed by atoms with Crippen LogP contribution in [-0.2, 0) is 9.59 Å². The van der Waals surface area contributed by atoms with Crippen molar-refractivity contribution in [1.29, 1.82) is 0 Å². The molecule has 1 aromatic carbocycles. The Labute approximate surface area is 111 Å². The Bertz CT molecular complexity index is 534.